The molecule has 18 heavy (non-hydrogen) atoms. The minimum Gasteiger partial charge on any atom is -0.253 e. The Morgan fingerprint density at radius 3 is 2.44 bits per heavy atom. The summed E-state index contributed by atoms with van der Waals surface area (Å²) >= 11 is 0. The number of hydrogen-bond acceptors (Lipinski definition) is 2. The van der Waals surface area contributed by atoms with Crippen molar-refractivity contribution in [2.75, 3.05) is 0 Å². The van der Waals surface area contributed by atoms with E-state index in [-0.39, 0.29) is 0 Å². The van der Waals surface area contributed by atoms with Crippen LogP contribution in [0, 0.1) is 18.3 Å². The summed E-state index contributed by atoms with van der Waals surface area (Å²) in [5, 5.41) is 8.83. The molecule has 2 heteroatoms. The van der Waals surface area contributed by atoms with E-state index >= 15 is 0 Å². The summed E-state index contributed by atoms with van der Waals surface area (Å²) in [6.45, 7) is 3.96. The van der Waals surface area contributed by atoms with Gasteiger partial charge < -0.3 is 0 Å². The van der Waals surface area contributed by atoms with E-state index in [1.807, 2.05) is 56.3 Å². The van der Waals surface area contributed by atoms with Gasteiger partial charge in [-0.2, -0.15) is 5.26 Å². The van der Waals surface area contributed by atoms with Gasteiger partial charge in [0.1, 0.15) is 0 Å². The molecule has 0 aromatic heterocycles. The maximum atomic E-state index is 8.83. The fourth-order valence-electron chi connectivity index (χ4n) is 1.78. The maximum absolute atomic E-state index is 8.83. The third-order valence-electron chi connectivity index (χ3n) is 2.81. The zero-order chi connectivity index (χ0) is 13.0. The van der Waals surface area contributed by atoms with Gasteiger partial charge in [-0.25, -0.2) is 0 Å². The summed E-state index contributed by atoms with van der Waals surface area (Å²) in [4.78, 5) is 4.61. The smallest absolute Gasteiger partial charge is 0.0991 e. The zero-order valence-corrected chi connectivity index (χ0v) is 10.5. The molecular formula is C16H14N2. The van der Waals surface area contributed by atoms with Crippen molar-refractivity contribution >= 4 is 11.4 Å². The molecule has 0 spiro atoms. The minimum absolute atomic E-state index is 0.670. The molecule has 2 aromatic carbocycles. The van der Waals surface area contributed by atoms with Crippen molar-refractivity contribution in [2.24, 2.45) is 4.99 Å². The third kappa shape index (κ3) is 2.64. The summed E-state index contributed by atoms with van der Waals surface area (Å²) in [5.74, 6) is 0. The van der Waals surface area contributed by atoms with Gasteiger partial charge in [-0.05, 0) is 43.2 Å². The summed E-state index contributed by atoms with van der Waals surface area (Å²) in [6.07, 6.45) is 0. The first kappa shape index (κ1) is 12.1. The number of benzene rings is 2. The van der Waals surface area contributed by atoms with E-state index in [0.29, 0.717) is 5.56 Å². The van der Waals surface area contributed by atoms with E-state index in [1.165, 1.54) is 0 Å². The average molecular weight is 234 g/mol. The normalized spacial score (nSPS) is 11.1. The van der Waals surface area contributed by atoms with Gasteiger partial charge >= 0.3 is 0 Å². The summed E-state index contributed by atoms with van der Waals surface area (Å²) in [6, 6.07) is 17.7. The second-order valence-corrected chi connectivity index (χ2v) is 4.18. The highest BCUT2D eigenvalue weighted by Gasteiger charge is 2.01. The van der Waals surface area contributed by atoms with Gasteiger partial charge in [0.05, 0.1) is 17.3 Å². The highest BCUT2D eigenvalue weighted by molar-refractivity contribution is 6.00. The first-order chi connectivity index (χ1) is 8.70. The predicted octanol–water partition coefficient (Wildman–Crippen LogP) is 4.01. The molecule has 0 saturated heterocycles. The maximum Gasteiger partial charge on any atom is 0.0991 e. The Kier molecular flexibility index (Phi) is 3.54. The van der Waals surface area contributed by atoms with E-state index in [4.69, 9.17) is 5.26 Å². The number of rotatable bonds is 2. The molecule has 0 N–H and O–H groups in total. The molecule has 0 aliphatic heterocycles. The fourth-order valence-corrected chi connectivity index (χ4v) is 1.78. The number of nitrogens with zero attached hydrogens (tertiary/aromatic N) is 2. The molecule has 2 nitrogen and oxygen atoms in total. The summed E-state index contributed by atoms with van der Waals surface area (Å²) in [7, 11) is 0. The molecule has 0 amide bonds. The Bertz CT molecular complexity index is 619. The van der Waals surface area contributed by atoms with Crippen LogP contribution in [-0.2, 0) is 0 Å². The molecule has 0 radical (unpaired) electrons. The minimum atomic E-state index is 0.670. The molecular weight excluding hydrogens is 220 g/mol. The van der Waals surface area contributed by atoms with E-state index in [9.17, 15) is 0 Å². The Hall–Kier alpha value is -2.40. The lowest BCUT2D eigenvalue weighted by atomic mass is 10.1. The van der Waals surface area contributed by atoms with Gasteiger partial charge in [0.15, 0.2) is 0 Å². The molecule has 2 rings (SSSR count). The van der Waals surface area contributed by atoms with E-state index < -0.39 is 0 Å². The second kappa shape index (κ2) is 5.29. The van der Waals surface area contributed by atoms with Crippen LogP contribution >= 0.6 is 0 Å². The van der Waals surface area contributed by atoms with Gasteiger partial charge in [-0.15, -0.1) is 0 Å². The lowest BCUT2D eigenvalue weighted by molar-refractivity contribution is 1.36. The van der Waals surface area contributed by atoms with Crippen molar-refractivity contribution < 1.29 is 0 Å². The molecule has 2 aromatic rings. The second-order valence-electron chi connectivity index (χ2n) is 4.18. The van der Waals surface area contributed by atoms with Gasteiger partial charge in [0, 0.05) is 5.71 Å². The first-order valence-electron chi connectivity index (χ1n) is 5.82. The molecule has 0 unspecified atom stereocenters. The van der Waals surface area contributed by atoms with Crippen molar-refractivity contribution in [3.63, 3.8) is 0 Å². The quantitative estimate of drug-likeness (QED) is 0.723. The van der Waals surface area contributed by atoms with Crippen molar-refractivity contribution in [2.45, 2.75) is 13.8 Å². The standard InChI is InChI=1S/C16H14N2/c1-12-10-14(11-17)8-9-16(12)18-13(2)15-6-4-3-5-7-15/h3-10H,1-2H3. The van der Waals surface area contributed by atoms with E-state index in [2.05, 4.69) is 11.1 Å². The number of aryl methyl sites for hydroxylation is 1. The lowest BCUT2D eigenvalue weighted by Gasteiger charge is -2.04. The summed E-state index contributed by atoms with van der Waals surface area (Å²) in [5.41, 5.74) is 4.69. The van der Waals surface area contributed by atoms with Crippen LogP contribution in [0.15, 0.2) is 53.5 Å². The number of aliphatic imine (C=N–C) groups is 1. The van der Waals surface area contributed by atoms with E-state index in [1.54, 1.807) is 6.07 Å². The average Bonchev–Trinajstić information content (AvgIpc) is 2.42. The van der Waals surface area contributed by atoms with Crippen LogP contribution in [0.25, 0.3) is 0 Å². The lowest BCUT2D eigenvalue weighted by Crippen LogP contribution is -1.93. The van der Waals surface area contributed by atoms with Crippen molar-refractivity contribution in [1.29, 1.82) is 5.26 Å². The Labute approximate surface area is 107 Å². The molecule has 0 aliphatic rings. The number of hydrogen-bond donors (Lipinski definition) is 0. The Morgan fingerprint density at radius 2 is 1.83 bits per heavy atom. The van der Waals surface area contributed by atoms with Crippen molar-refractivity contribution in [3.05, 3.63) is 65.2 Å². The van der Waals surface area contributed by atoms with Crippen LogP contribution in [0.1, 0.15) is 23.6 Å². The molecule has 0 fully saturated rings. The van der Waals surface area contributed by atoms with Crippen LogP contribution < -0.4 is 0 Å². The molecule has 0 saturated carbocycles. The largest absolute Gasteiger partial charge is 0.253 e. The Morgan fingerprint density at radius 1 is 1.11 bits per heavy atom. The Balaban J connectivity index is 2.37. The molecule has 0 aliphatic carbocycles. The van der Waals surface area contributed by atoms with E-state index in [0.717, 1.165) is 22.5 Å². The topological polar surface area (TPSA) is 36.1 Å². The number of nitriles is 1. The SMILES string of the molecule is CC(=Nc1ccc(C#N)cc1C)c1ccccc1. The predicted molar refractivity (Wildman–Crippen MR) is 74.2 cm³/mol. The third-order valence-corrected chi connectivity index (χ3v) is 2.81. The highest BCUT2D eigenvalue weighted by Crippen LogP contribution is 2.20. The molecule has 0 heterocycles. The zero-order valence-electron chi connectivity index (χ0n) is 10.5. The van der Waals surface area contributed by atoms with Crippen LogP contribution in [0.2, 0.25) is 0 Å². The van der Waals surface area contributed by atoms with Crippen LogP contribution in [0.5, 0.6) is 0 Å². The molecule has 0 bridgehead atoms. The molecule has 0 atom stereocenters. The van der Waals surface area contributed by atoms with Crippen LogP contribution in [0.4, 0.5) is 5.69 Å². The first-order valence-corrected chi connectivity index (χ1v) is 5.82. The van der Waals surface area contributed by atoms with Crippen LogP contribution in [0.3, 0.4) is 0 Å². The van der Waals surface area contributed by atoms with Gasteiger partial charge in [-0.3, -0.25) is 4.99 Å². The fraction of sp³-hybridized carbons (Fsp3) is 0.125. The molecule has 88 valence electrons. The summed E-state index contributed by atoms with van der Waals surface area (Å²) < 4.78 is 0. The van der Waals surface area contributed by atoms with Crippen molar-refractivity contribution in [3.8, 4) is 6.07 Å². The van der Waals surface area contributed by atoms with Gasteiger partial charge in [0.2, 0.25) is 0 Å². The van der Waals surface area contributed by atoms with Crippen molar-refractivity contribution in [1.82, 2.24) is 0 Å². The highest BCUT2D eigenvalue weighted by atomic mass is 14.7. The van der Waals surface area contributed by atoms with Gasteiger partial charge in [-0.1, -0.05) is 30.3 Å². The monoisotopic (exact) mass is 234 g/mol. The van der Waals surface area contributed by atoms with Gasteiger partial charge in [0.25, 0.3) is 0 Å². The van der Waals surface area contributed by atoms with Crippen LogP contribution in [-0.4, -0.2) is 5.71 Å².